The molecule has 33 heavy (non-hydrogen) atoms. The Labute approximate surface area is 198 Å². The molecule has 2 heterocycles. The van der Waals surface area contributed by atoms with Gasteiger partial charge in [0.25, 0.3) is 0 Å². The van der Waals surface area contributed by atoms with E-state index in [2.05, 4.69) is 36.5 Å². The number of pyridine rings is 1. The Hall–Kier alpha value is -4.28. The summed E-state index contributed by atoms with van der Waals surface area (Å²) in [4.78, 5) is 8.91. The summed E-state index contributed by atoms with van der Waals surface area (Å²) in [5.41, 5.74) is 15.8. The van der Waals surface area contributed by atoms with Gasteiger partial charge in [-0.3, -0.25) is 5.32 Å². The molecule has 6 N–H and O–H groups in total. The minimum Gasteiger partial charge on any atom is -0.489 e. The number of aryl methyl sites for hydroxylation is 1. The number of aromatic nitrogens is 1. The zero-order chi connectivity index (χ0) is 23.5. The van der Waals surface area contributed by atoms with Crippen LogP contribution in [0, 0.1) is 29.7 Å². The van der Waals surface area contributed by atoms with Crippen LogP contribution in [0.15, 0.2) is 51.9 Å². The highest BCUT2D eigenvalue weighted by Crippen LogP contribution is 2.44. The van der Waals surface area contributed by atoms with Crippen LogP contribution >= 0.6 is 15.9 Å². The number of ether oxygens (including phenoxy) is 1. The second-order valence-corrected chi connectivity index (χ2v) is 8.27. The highest BCUT2D eigenvalue weighted by Gasteiger charge is 2.31. The van der Waals surface area contributed by atoms with Gasteiger partial charge in [0.2, 0.25) is 5.96 Å². The molecule has 0 spiro atoms. The summed E-state index contributed by atoms with van der Waals surface area (Å²) in [7, 11) is 0. The van der Waals surface area contributed by atoms with Crippen molar-refractivity contribution in [3.05, 3.63) is 74.8 Å². The fourth-order valence-corrected chi connectivity index (χ4v) is 3.89. The van der Waals surface area contributed by atoms with Gasteiger partial charge in [-0.1, -0.05) is 45.8 Å². The molecule has 3 aromatic rings. The number of benzene rings is 2. The maximum atomic E-state index is 9.53. The van der Waals surface area contributed by atoms with Crippen LogP contribution in [0.25, 0.3) is 0 Å². The van der Waals surface area contributed by atoms with Gasteiger partial charge >= 0.3 is 0 Å². The van der Waals surface area contributed by atoms with E-state index in [-0.39, 0.29) is 23.0 Å². The van der Waals surface area contributed by atoms with Crippen LogP contribution in [-0.4, -0.2) is 10.9 Å². The number of nitriles is 2. The quantitative estimate of drug-likeness (QED) is 0.310. The number of nitrogen functional groups attached to an aromatic ring is 2. The van der Waals surface area contributed by atoms with Crippen molar-refractivity contribution >= 4 is 39.2 Å². The van der Waals surface area contributed by atoms with Gasteiger partial charge in [0.05, 0.1) is 5.69 Å². The molecule has 2 aromatic carbocycles. The molecule has 0 fully saturated rings. The Balaban J connectivity index is 1.82. The molecule has 0 radical (unpaired) electrons. The number of nitrogens with zero attached hydrogens (tertiary/aromatic N) is 4. The van der Waals surface area contributed by atoms with Gasteiger partial charge in [-0.2, -0.15) is 10.5 Å². The summed E-state index contributed by atoms with van der Waals surface area (Å²) in [6.07, 6.45) is 1.84. The van der Waals surface area contributed by atoms with Gasteiger partial charge in [0, 0.05) is 15.6 Å². The smallest absolute Gasteiger partial charge is 0.211 e. The van der Waals surface area contributed by atoms with Gasteiger partial charge < -0.3 is 21.5 Å². The fourth-order valence-electron chi connectivity index (χ4n) is 3.52. The molecule has 1 unspecified atom stereocenters. The maximum Gasteiger partial charge on any atom is 0.211 e. The molecule has 1 aromatic heterocycles. The van der Waals surface area contributed by atoms with E-state index >= 15 is 0 Å². The molecule has 1 aliphatic heterocycles. The van der Waals surface area contributed by atoms with E-state index < -0.39 is 6.04 Å². The molecule has 0 aliphatic carbocycles. The number of fused-ring (bicyclic) bond motifs is 1. The number of anilines is 3. The summed E-state index contributed by atoms with van der Waals surface area (Å²) in [6, 6.07) is 14.9. The monoisotopic (exact) mass is 502 g/mol. The first-order valence-electron chi connectivity index (χ1n) is 9.88. The molecule has 0 saturated heterocycles. The van der Waals surface area contributed by atoms with Crippen molar-refractivity contribution in [2.24, 2.45) is 4.99 Å². The van der Waals surface area contributed by atoms with Gasteiger partial charge in [0.15, 0.2) is 6.19 Å². The van der Waals surface area contributed by atoms with Gasteiger partial charge in [-0.25, -0.2) is 9.98 Å². The van der Waals surface area contributed by atoms with E-state index in [0.29, 0.717) is 29.3 Å². The highest BCUT2D eigenvalue weighted by atomic mass is 79.9. The Morgan fingerprint density at radius 3 is 2.64 bits per heavy atom. The van der Waals surface area contributed by atoms with Crippen LogP contribution < -0.4 is 26.8 Å². The Kier molecular flexibility index (Phi) is 6.03. The number of nitrogens with one attached hydrogen (secondary N) is 2. The SMILES string of the molecule is Cc1ccc(COc2ccc(Br)cc2C2N=C(NC#N)Nc3nc(N)c(C#N)c(N)c32)cc1. The lowest BCUT2D eigenvalue weighted by Crippen LogP contribution is -2.33. The molecule has 164 valence electrons. The third-order valence-electron chi connectivity index (χ3n) is 5.14. The van der Waals surface area contributed by atoms with E-state index in [4.69, 9.17) is 21.5 Å². The summed E-state index contributed by atoms with van der Waals surface area (Å²) < 4.78 is 6.95. The molecule has 1 atom stereocenters. The van der Waals surface area contributed by atoms with Gasteiger partial charge in [-0.05, 0) is 30.7 Å². The molecular weight excluding hydrogens is 484 g/mol. The predicted octanol–water partition coefficient (Wildman–Crippen LogP) is 3.71. The molecule has 4 rings (SSSR count). The van der Waals surface area contributed by atoms with Crippen molar-refractivity contribution in [1.82, 2.24) is 10.3 Å². The van der Waals surface area contributed by atoms with E-state index in [1.165, 1.54) is 0 Å². The first-order valence-corrected chi connectivity index (χ1v) is 10.7. The van der Waals surface area contributed by atoms with Crippen LogP contribution in [0.1, 0.15) is 33.9 Å². The molecular formula is C23H19BrN8O. The normalized spacial score (nSPS) is 14.2. The van der Waals surface area contributed by atoms with E-state index in [1.54, 1.807) is 0 Å². The zero-order valence-corrected chi connectivity index (χ0v) is 19.1. The van der Waals surface area contributed by atoms with Crippen LogP contribution in [0.4, 0.5) is 17.3 Å². The third kappa shape index (κ3) is 4.38. The van der Waals surface area contributed by atoms with Crippen LogP contribution in [0.3, 0.4) is 0 Å². The number of halogens is 1. The molecule has 10 heteroatoms. The van der Waals surface area contributed by atoms with Gasteiger partial charge in [0.1, 0.15) is 41.7 Å². The second-order valence-electron chi connectivity index (χ2n) is 7.36. The van der Waals surface area contributed by atoms with E-state index in [9.17, 15) is 5.26 Å². The minimum absolute atomic E-state index is 0.0108. The standard InChI is InChI=1S/C23H19BrN8O/c1-12-2-4-13(5-3-12)10-33-17-7-6-14(24)8-15(17)20-18-19(27)16(9-25)21(28)31-22(18)32-23(30-20)29-11-26/h2-8,20H,10H2,1H3,(H6,27,28,29,30,31,32). The minimum atomic E-state index is -0.706. The number of guanidine groups is 1. The second kappa shape index (κ2) is 9.07. The number of nitrogens with two attached hydrogens (primary N) is 2. The van der Waals surface area contributed by atoms with Crippen LogP contribution in [0.2, 0.25) is 0 Å². The Morgan fingerprint density at radius 1 is 1.18 bits per heavy atom. The molecule has 0 amide bonds. The molecule has 0 saturated carbocycles. The largest absolute Gasteiger partial charge is 0.489 e. The zero-order valence-electron chi connectivity index (χ0n) is 17.6. The molecule has 9 nitrogen and oxygen atoms in total. The summed E-state index contributed by atoms with van der Waals surface area (Å²) >= 11 is 3.50. The summed E-state index contributed by atoms with van der Waals surface area (Å²) in [6.45, 7) is 2.37. The number of hydrogen-bond acceptors (Lipinski definition) is 9. The van der Waals surface area contributed by atoms with Crippen LogP contribution in [0.5, 0.6) is 5.75 Å². The lowest BCUT2D eigenvalue weighted by Gasteiger charge is -2.27. The first kappa shape index (κ1) is 21.9. The lowest BCUT2D eigenvalue weighted by atomic mass is 9.94. The van der Waals surface area contributed by atoms with Crippen molar-refractivity contribution in [3.63, 3.8) is 0 Å². The summed E-state index contributed by atoms with van der Waals surface area (Å²) in [5.74, 6) is 1.05. The van der Waals surface area contributed by atoms with Crippen molar-refractivity contribution < 1.29 is 4.74 Å². The topological polar surface area (TPSA) is 158 Å². The number of rotatable bonds is 4. The predicted molar refractivity (Wildman–Crippen MR) is 129 cm³/mol. The lowest BCUT2D eigenvalue weighted by molar-refractivity contribution is 0.302. The average molecular weight is 503 g/mol. The maximum absolute atomic E-state index is 9.53. The number of aliphatic imine (C=N–C) groups is 1. The van der Waals surface area contributed by atoms with Crippen molar-refractivity contribution in [2.75, 3.05) is 16.8 Å². The van der Waals surface area contributed by atoms with Crippen molar-refractivity contribution in [3.8, 4) is 18.0 Å². The van der Waals surface area contributed by atoms with E-state index in [1.807, 2.05) is 61.7 Å². The van der Waals surface area contributed by atoms with E-state index in [0.717, 1.165) is 15.6 Å². The summed E-state index contributed by atoms with van der Waals surface area (Å²) in [5, 5.41) is 24.1. The molecule has 0 bridgehead atoms. The first-order chi connectivity index (χ1) is 15.9. The Bertz CT molecular complexity index is 1340. The van der Waals surface area contributed by atoms with Crippen LogP contribution in [-0.2, 0) is 6.61 Å². The van der Waals surface area contributed by atoms with Crippen molar-refractivity contribution in [2.45, 2.75) is 19.6 Å². The molecule has 1 aliphatic rings. The average Bonchev–Trinajstić information content (AvgIpc) is 2.79. The van der Waals surface area contributed by atoms with Gasteiger partial charge in [-0.15, -0.1) is 0 Å². The Morgan fingerprint density at radius 2 is 1.94 bits per heavy atom. The van der Waals surface area contributed by atoms with Crippen molar-refractivity contribution in [1.29, 1.82) is 10.5 Å². The third-order valence-corrected chi connectivity index (χ3v) is 5.63. The highest BCUT2D eigenvalue weighted by molar-refractivity contribution is 9.10. The number of hydrogen-bond donors (Lipinski definition) is 4. The fraction of sp³-hybridized carbons (Fsp3) is 0.130.